The van der Waals surface area contributed by atoms with Crippen LogP contribution in [0.15, 0.2) is 0 Å². The van der Waals surface area contributed by atoms with Crippen LogP contribution >= 0.6 is 0 Å². The van der Waals surface area contributed by atoms with E-state index < -0.39 is 35.2 Å². The van der Waals surface area contributed by atoms with Crippen LogP contribution in [0.25, 0.3) is 0 Å². The molecule has 2 amide bonds. The quantitative estimate of drug-likeness (QED) is 0.110. The molecule has 0 aliphatic rings. The largest absolute Gasteiger partial charge is 0.500 e. The number of nitrogens with one attached hydrogen (secondary N) is 2. The summed E-state index contributed by atoms with van der Waals surface area (Å²) in [6.07, 6.45) is 1.14. The summed E-state index contributed by atoms with van der Waals surface area (Å²) in [7, 11) is -5.40. The molecule has 0 fully saturated rings. The van der Waals surface area contributed by atoms with E-state index >= 15 is 0 Å². The van der Waals surface area contributed by atoms with Gasteiger partial charge in [0.2, 0.25) is 0 Å². The summed E-state index contributed by atoms with van der Waals surface area (Å²) in [5.74, 6) is 0. The minimum Gasteiger partial charge on any atom is -0.449 e. The molecule has 2 N–H and O–H groups in total. The molecular formula is C26H56N2O10Si2. The number of ether oxygens (including phenoxy) is 2. The Hall–Kier alpha value is -1.27. The maximum absolute atomic E-state index is 12.2. The van der Waals surface area contributed by atoms with Crippen LogP contribution < -0.4 is 10.6 Å². The molecule has 0 aliphatic heterocycles. The van der Waals surface area contributed by atoms with Crippen molar-refractivity contribution in [2.45, 2.75) is 86.7 Å². The summed E-state index contributed by atoms with van der Waals surface area (Å²) in [5.41, 5.74) is -0.548. The smallest absolute Gasteiger partial charge is 0.449 e. The van der Waals surface area contributed by atoms with Gasteiger partial charge >= 0.3 is 29.8 Å². The molecule has 0 saturated carbocycles. The van der Waals surface area contributed by atoms with E-state index in [1.54, 1.807) is 0 Å². The Balaban J connectivity index is 4.28. The van der Waals surface area contributed by atoms with E-state index in [1.165, 1.54) is 0 Å². The second-order valence-electron chi connectivity index (χ2n) is 9.69. The summed E-state index contributed by atoms with van der Waals surface area (Å²) >= 11 is 0. The molecule has 0 aromatic heterocycles. The highest BCUT2D eigenvalue weighted by Crippen LogP contribution is 2.20. The number of hydrogen-bond acceptors (Lipinski definition) is 10. The van der Waals surface area contributed by atoms with Crippen molar-refractivity contribution < 1.29 is 45.6 Å². The molecule has 0 aliphatic carbocycles. The number of carbonyl (C=O) groups excluding carboxylic acids is 2. The maximum atomic E-state index is 12.2. The van der Waals surface area contributed by atoms with Crippen molar-refractivity contribution in [2.75, 3.05) is 65.9 Å². The SMILES string of the molecule is CCO[Si](CCCCNC(=O)OCC(C)(C)COC(=O)NCCC[Si](OCC)(OCC)OCC)(OCC)OCC. The first-order valence-corrected chi connectivity index (χ1v) is 18.6. The van der Waals surface area contributed by atoms with Gasteiger partial charge in [-0.2, -0.15) is 0 Å². The van der Waals surface area contributed by atoms with Gasteiger partial charge in [0.05, 0.1) is 0 Å². The van der Waals surface area contributed by atoms with Crippen LogP contribution in [0.3, 0.4) is 0 Å². The first-order valence-electron chi connectivity index (χ1n) is 14.7. The summed E-state index contributed by atoms with van der Waals surface area (Å²) in [4.78, 5) is 24.3. The summed E-state index contributed by atoms with van der Waals surface area (Å²) in [6, 6.07) is 1.30. The first kappa shape index (κ1) is 38.7. The van der Waals surface area contributed by atoms with Gasteiger partial charge in [0.1, 0.15) is 13.2 Å². The summed E-state index contributed by atoms with van der Waals surface area (Å²) in [5, 5.41) is 5.50. The molecule has 0 atom stereocenters. The summed E-state index contributed by atoms with van der Waals surface area (Å²) < 4.78 is 45.7. The van der Waals surface area contributed by atoms with E-state index in [2.05, 4.69) is 10.6 Å². The molecule has 0 radical (unpaired) electrons. The minimum absolute atomic E-state index is 0.0979. The Bertz CT molecular complexity index is 639. The predicted octanol–water partition coefficient (Wildman–Crippen LogP) is 4.73. The van der Waals surface area contributed by atoms with Crippen LogP contribution in [0.4, 0.5) is 9.59 Å². The molecule has 14 heteroatoms. The van der Waals surface area contributed by atoms with Gasteiger partial charge in [0.15, 0.2) is 0 Å². The van der Waals surface area contributed by atoms with Crippen molar-refractivity contribution in [1.29, 1.82) is 0 Å². The second-order valence-corrected chi connectivity index (χ2v) is 15.2. The first-order chi connectivity index (χ1) is 19.1. The van der Waals surface area contributed by atoms with Crippen LogP contribution in [0.2, 0.25) is 12.1 Å². The zero-order valence-electron chi connectivity index (χ0n) is 26.2. The third-order valence-electron chi connectivity index (χ3n) is 5.48. The van der Waals surface area contributed by atoms with Crippen LogP contribution in [-0.4, -0.2) is 95.7 Å². The molecule has 0 rings (SSSR count). The number of hydrogen-bond donors (Lipinski definition) is 2. The Labute approximate surface area is 244 Å². The number of unbranched alkanes of at least 4 members (excludes halogenated alkanes) is 1. The van der Waals surface area contributed by atoms with Gasteiger partial charge in [0.25, 0.3) is 0 Å². The van der Waals surface area contributed by atoms with Crippen molar-refractivity contribution in [3.63, 3.8) is 0 Å². The summed E-state index contributed by atoms with van der Waals surface area (Å²) in [6.45, 7) is 19.5. The van der Waals surface area contributed by atoms with Crippen molar-refractivity contribution >= 4 is 29.8 Å². The Morgan fingerprint density at radius 1 is 0.550 bits per heavy atom. The molecule has 0 spiro atoms. The highest BCUT2D eigenvalue weighted by atomic mass is 28.4. The molecule has 238 valence electrons. The topological polar surface area (TPSA) is 132 Å². The fraction of sp³-hybridized carbons (Fsp3) is 0.923. The number of amides is 2. The molecule has 0 saturated heterocycles. The van der Waals surface area contributed by atoms with E-state index in [4.69, 9.17) is 36.0 Å². The zero-order valence-corrected chi connectivity index (χ0v) is 28.2. The lowest BCUT2D eigenvalue weighted by Crippen LogP contribution is -2.46. The lowest BCUT2D eigenvalue weighted by atomic mass is 9.96. The van der Waals surface area contributed by atoms with Gasteiger partial charge in [-0.15, -0.1) is 0 Å². The van der Waals surface area contributed by atoms with Gasteiger partial charge in [0, 0.05) is 70.2 Å². The second kappa shape index (κ2) is 22.3. The standard InChI is InChI=1S/C26H56N2O10Si2/c1-9-33-39(34-10-2,35-11-3)20-16-15-18-27-24(29)31-22-26(7,8)23-32-25(30)28-19-17-21-40(36-12-4,37-13-5)38-14-6/h9-23H2,1-8H3,(H,27,29)(H,28,30). The van der Waals surface area contributed by atoms with E-state index in [0.717, 1.165) is 12.8 Å². The molecule has 12 nitrogen and oxygen atoms in total. The number of rotatable bonds is 25. The van der Waals surface area contributed by atoms with Crippen LogP contribution in [0, 0.1) is 5.41 Å². The Morgan fingerprint density at radius 3 is 1.23 bits per heavy atom. The molecule has 0 heterocycles. The maximum Gasteiger partial charge on any atom is 0.500 e. The fourth-order valence-corrected chi connectivity index (χ4v) is 9.12. The van der Waals surface area contributed by atoms with Crippen molar-refractivity contribution in [2.24, 2.45) is 5.41 Å². The van der Waals surface area contributed by atoms with Crippen LogP contribution in [-0.2, 0) is 36.0 Å². The van der Waals surface area contributed by atoms with E-state index in [0.29, 0.717) is 71.2 Å². The highest BCUT2D eigenvalue weighted by Gasteiger charge is 2.40. The minimum atomic E-state index is -2.73. The van der Waals surface area contributed by atoms with Gasteiger partial charge in [-0.3, -0.25) is 0 Å². The molecule has 0 aromatic carbocycles. The van der Waals surface area contributed by atoms with Crippen LogP contribution in [0.5, 0.6) is 0 Å². The normalized spacial score (nSPS) is 12.3. The zero-order chi connectivity index (χ0) is 30.3. The fourth-order valence-electron chi connectivity index (χ4n) is 3.82. The average Bonchev–Trinajstić information content (AvgIpc) is 2.90. The number of carbonyl (C=O) groups is 2. The Kier molecular flexibility index (Phi) is 21.6. The Morgan fingerprint density at radius 2 is 0.875 bits per heavy atom. The van der Waals surface area contributed by atoms with Gasteiger partial charge in [-0.05, 0) is 60.8 Å². The number of alkyl carbamates (subject to hydrolysis) is 2. The lowest BCUT2D eigenvalue weighted by molar-refractivity contribution is 0.0464. The predicted molar refractivity (Wildman–Crippen MR) is 157 cm³/mol. The average molecular weight is 613 g/mol. The third-order valence-corrected chi connectivity index (χ3v) is 11.8. The van der Waals surface area contributed by atoms with Crippen LogP contribution in [0.1, 0.15) is 74.7 Å². The monoisotopic (exact) mass is 612 g/mol. The van der Waals surface area contributed by atoms with E-state index in [-0.39, 0.29) is 13.2 Å². The van der Waals surface area contributed by atoms with Crippen molar-refractivity contribution in [3.05, 3.63) is 0 Å². The van der Waals surface area contributed by atoms with E-state index in [1.807, 2.05) is 55.4 Å². The molecular weight excluding hydrogens is 556 g/mol. The highest BCUT2D eigenvalue weighted by molar-refractivity contribution is 6.61. The van der Waals surface area contributed by atoms with Gasteiger partial charge < -0.3 is 46.7 Å². The molecule has 40 heavy (non-hydrogen) atoms. The molecule has 0 aromatic rings. The molecule has 0 bridgehead atoms. The lowest BCUT2D eigenvalue weighted by Gasteiger charge is -2.28. The van der Waals surface area contributed by atoms with Gasteiger partial charge in [-0.1, -0.05) is 13.8 Å². The molecule has 0 unspecified atom stereocenters. The van der Waals surface area contributed by atoms with E-state index in [9.17, 15) is 9.59 Å². The van der Waals surface area contributed by atoms with Crippen molar-refractivity contribution in [3.8, 4) is 0 Å². The third kappa shape index (κ3) is 17.5. The van der Waals surface area contributed by atoms with Crippen molar-refractivity contribution in [1.82, 2.24) is 10.6 Å². The van der Waals surface area contributed by atoms with Gasteiger partial charge in [-0.25, -0.2) is 9.59 Å².